The molecule has 1 heteroatoms. The molecule has 0 amide bonds. The summed E-state index contributed by atoms with van der Waals surface area (Å²) in [6.07, 6.45) is 0. The third-order valence-electron chi connectivity index (χ3n) is 3.51. The highest BCUT2D eigenvalue weighted by Crippen LogP contribution is 2.31. The zero-order valence-electron chi connectivity index (χ0n) is 11.9. The molecule has 0 N–H and O–H groups in total. The first-order valence-electron chi connectivity index (χ1n) is 6.91. The third kappa shape index (κ3) is 2.85. The van der Waals surface area contributed by atoms with Crippen molar-refractivity contribution >= 4 is 5.69 Å². The topological polar surface area (TPSA) is 4.36 Å². The standard InChI is InChI=1S/C20H15N/c1-15-7-6-10-17(11-15)19-12-18(13-20(14-19)21-2)16-8-4-3-5-9-16/h3-14H,1H3. The fourth-order valence-electron chi connectivity index (χ4n) is 2.46. The van der Waals surface area contributed by atoms with Crippen molar-refractivity contribution in [3.63, 3.8) is 0 Å². The molecule has 3 aromatic carbocycles. The molecule has 3 aromatic rings. The predicted molar refractivity (Wildman–Crippen MR) is 88.3 cm³/mol. The Morgan fingerprint density at radius 1 is 0.667 bits per heavy atom. The fourth-order valence-corrected chi connectivity index (χ4v) is 2.46. The molecule has 3 rings (SSSR count). The normalized spacial score (nSPS) is 10.1. The van der Waals surface area contributed by atoms with Crippen molar-refractivity contribution in [3.8, 4) is 22.3 Å². The summed E-state index contributed by atoms with van der Waals surface area (Å²) in [5.41, 5.74) is 6.36. The highest BCUT2D eigenvalue weighted by Gasteiger charge is 2.05. The van der Waals surface area contributed by atoms with Crippen LogP contribution < -0.4 is 0 Å². The Hall–Kier alpha value is -2.85. The minimum atomic E-state index is 0.674. The number of aryl methyl sites for hydroxylation is 1. The minimum absolute atomic E-state index is 0.674. The molecular weight excluding hydrogens is 254 g/mol. The van der Waals surface area contributed by atoms with Gasteiger partial charge in [0, 0.05) is 0 Å². The SMILES string of the molecule is [C-]#[N+]c1cc(-c2ccccc2)cc(-c2cccc(C)c2)c1. The van der Waals surface area contributed by atoms with E-state index in [1.165, 1.54) is 5.56 Å². The van der Waals surface area contributed by atoms with Crippen molar-refractivity contribution in [1.29, 1.82) is 0 Å². The van der Waals surface area contributed by atoms with Crippen LogP contribution in [-0.4, -0.2) is 0 Å². The molecular formula is C20H15N. The van der Waals surface area contributed by atoms with Crippen LogP contribution in [0.3, 0.4) is 0 Å². The summed E-state index contributed by atoms with van der Waals surface area (Å²) >= 11 is 0. The Morgan fingerprint density at radius 2 is 1.33 bits per heavy atom. The van der Waals surface area contributed by atoms with Crippen molar-refractivity contribution in [2.24, 2.45) is 0 Å². The van der Waals surface area contributed by atoms with E-state index in [0.29, 0.717) is 5.69 Å². The molecule has 0 atom stereocenters. The second-order valence-electron chi connectivity index (χ2n) is 5.12. The van der Waals surface area contributed by atoms with Gasteiger partial charge in [-0.25, -0.2) is 4.85 Å². The molecule has 0 fully saturated rings. The monoisotopic (exact) mass is 269 g/mol. The van der Waals surface area contributed by atoms with Crippen LogP contribution in [0.1, 0.15) is 5.56 Å². The smallest absolute Gasteiger partial charge is 0.188 e. The molecule has 0 radical (unpaired) electrons. The lowest BCUT2D eigenvalue weighted by atomic mass is 9.97. The van der Waals surface area contributed by atoms with E-state index in [0.717, 1.165) is 22.3 Å². The first-order valence-corrected chi connectivity index (χ1v) is 6.91. The summed E-state index contributed by atoms with van der Waals surface area (Å²) in [7, 11) is 0. The van der Waals surface area contributed by atoms with Crippen molar-refractivity contribution in [3.05, 3.63) is 89.8 Å². The highest BCUT2D eigenvalue weighted by atomic mass is 14.6. The molecule has 0 heterocycles. The van der Waals surface area contributed by atoms with Gasteiger partial charge in [-0.1, -0.05) is 60.2 Å². The molecule has 0 aliphatic rings. The van der Waals surface area contributed by atoms with E-state index in [1.807, 2.05) is 30.3 Å². The van der Waals surface area contributed by atoms with Crippen LogP contribution in [0.2, 0.25) is 0 Å². The van der Waals surface area contributed by atoms with Crippen LogP contribution in [0.4, 0.5) is 5.69 Å². The molecule has 0 aliphatic heterocycles. The van der Waals surface area contributed by atoms with Crippen LogP contribution in [0.5, 0.6) is 0 Å². The van der Waals surface area contributed by atoms with Crippen LogP contribution in [0.25, 0.3) is 27.1 Å². The number of nitrogens with zero attached hydrogens (tertiary/aromatic N) is 1. The van der Waals surface area contributed by atoms with Gasteiger partial charge < -0.3 is 0 Å². The Labute approximate surface area is 125 Å². The average molecular weight is 269 g/mol. The lowest BCUT2D eigenvalue weighted by molar-refractivity contribution is 1.47. The number of hydrogen-bond acceptors (Lipinski definition) is 0. The first-order chi connectivity index (χ1) is 10.3. The van der Waals surface area contributed by atoms with Gasteiger partial charge in [-0.05, 0) is 47.4 Å². The molecule has 0 saturated heterocycles. The largest absolute Gasteiger partial charge is 0.238 e. The number of rotatable bonds is 2. The maximum Gasteiger partial charge on any atom is 0.188 e. The zero-order valence-corrected chi connectivity index (χ0v) is 11.9. The van der Waals surface area contributed by atoms with Gasteiger partial charge in [-0.15, -0.1) is 0 Å². The van der Waals surface area contributed by atoms with E-state index < -0.39 is 0 Å². The second-order valence-corrected chi connectivity index (χ2v) is 5.12. The van der Waals surface area contributed by atoms with E-state index in [4.69, 9.17) is 6.57 Å². The van der Waals surface area contributed by atoms with Gasteiger partial charge >= 0.3 is 0 Å². The van der Waals surface area contributed by atoms with Gasteiger partial charge in [0.15, 0.2) is 5.69 Å². The summed E-state index contributed by atoms with van der Waals surface area (Å²) in [6, 6.07) is 24.6. The summed E-state index contributed by atoms with van der Waals surface area (Å²) in [5, 5.41) is 0. The van der Waals surface area contributed by atoms with Crippen molar-refractivity contribution < 1.29 is 0 Å². The summed E-state index contributed by atoms with van der Waals surface area (Å²) in [5.74, 6) is 0. The van der Waals surface area contributed by atoms with Crippen LogP contribution in [0.15, 0.2) is 72.8 Å². The Balaban J connectivity index is 2.17. The van der Waals surface area contributed by atoms with Crippen molar-refractivity contribution in [2.45, 2.75) is 6.92 Å². The molecule has 1 nitrogen and oxygen atoms in total. The summed E-state index contributed by atoms with van der Waals surface area (Å²) in [6.45, 7) is 9.41. The fraction of sp³-hybridized carbons (Fsp3) is 0.0500. The zero-order chi connectivity index (χ0) is 14.7. The molecule has 0 aliphatic carbocycles. The van der Waals surface area contributed by atoms with Gasteiger partial charge in [-0.3, -0.25) is 0 Å². The second kappa shape index (κ2) is 5.64. The quantitative estimate of drug-likeness (QED) is 0.512. The number of benzene rings is 3. The Bertz CT molecular complexity index is 811. The van der Waals surface area contributed by atoms with Gasteiger partial charge in [0.05, 0.1) is 6.57 Å². The molecule has 100 valence electrons. The molecule has 0 bridgehead atoms. The first kappa shape index (κ1) is 13.1. The van der Waals surface area contributed by atoms with Crippen LogP contribution in [-0.2, 0) is 0 Å². The number of hydrogen-bond donors (Lipinski definition) is 0. The lowest BCUT2D eigenvalue weighted by Crippen LogP contribution is -1.82. The van der Waals surface area contributed by atoms with Gasteiger partial charge in [-0.2, -0.15) is 0 Å². The summed E-state index contributed by atoms with van der Waals surface area (Å²) in [4.78, 5) is 3.62. The molecule has 0 spiro atoms. The van der Waals surface area contributed by atoms with E-state index in [1.54, 1.807) is 0 Å². The van der Waals surface area contributed by atoms with Crippen molar-refractivity contribution in [1.82, 2.24) is 0 Å². The Kier molecular flexibility index (Phi) is 3.53. The average Bonchev–Trinajstić information content (AvgIpc) is 2.55. The van der Waals surface area contributed by atoms with Crippen LogP contribution in [0, 0.1) is 13.5 Å². The molecule has 0 aromatic heterocycles. The Morgan fingerprint density at radius 3 is 2.00 bits per heavy atom. The molecule has 21 heavy (non-hydrogen) atoms. The molecule has 0 saturated carbocycles. The van der Waals surface area contributed by atoms with E-state index >= 15 is 0 Å². The predicted octanol–water partition coefficient (Wildman–Crippen LogP) is 5.88. The highest BCUT2D eigenvalue weighted by molar-refractivity contribution is 5.78. The summed E-state index contributed by atoms with van der Waals surface area (Å²) < 4.78 is 0. The van der Waals surface area contributed by atoms with Gasteiger partial charge in [0.25, 0.3) is 0 Å². The van der Waals surface area contributed by atoms with Gasteiger partial charge in [0.1, 0.15) is 0 Å². The molecule has 0 unspecified atom stereocenters. The maximum absolute atomic E-state index is 7.33. The maximum atomic E-state index is 7.33. The van der Waals surface area contributed by atoms with E-state index in [-0.39, 0.29) is 0 Å². The third-order valence-corrected chi connectivity index (χ3v) is 3.51. The van der Waals surface area contributed by atoms with E-state index in [2.05, 4.69) is 54.2 Å². The lowest BCUT2D eigenvalue weighted by Gasteiger charge is -2.08. The van der Waals surface area contributed by atoms with Gasteiger partial charge in [0.2, 0.25) is 0 Å². The minimum Gasteiger partial charge on any atom is -0.238 e. The van der Waals surface area contributed by atoms with Crippen molar-refractivity contribution in [2.75, 3.05) is 0 Å². The van der Waals surface area contributed by atoms with E-state index in [9.17, 15) is 0 Å². The van der Waals surface area contributed by atoms with Crippen LogP contribution >= 0.6 is 0 Å².